The standard InChI is InChI=1S/C22H13BrN2O5/c23-17-11-12(10-16-19(26)24-22(29)25-20(16)27)8-9-18(17)30-21(28)15-7-3-5-13-4-1-2-6-14(13)15/h1-11H,(H2,24,25,26,27,29). The molecule has 1 saturated heterocycles. The Kier molecular flexibility index (Phi) is 5.16. The summed E-state index contributed by atoms with van der Waals surface area (Å²) in [7, 11) is 0. The SMILES string of the molecule is O=C1NC(=O)C(=Cc2ccc(OC(=O)c3cccc4ccccc34)c(Br)c2)C(=O)N1. The summed E-state index contributed by atoms with van der Waals surface area (Å²) < 4.78 is 5.99. The van der Waals surface area contributed by atoms with Crippen molar-refractivity contribution in [1.29, 1.82) is 0 Å². The molecule has 0 atom stereocenters. The van der Waals surface area contributed by atoms with Crippen LogP contribution in [0.25, 0.3) is 16.8 Å². The fourth-order valence-corrected chi connectivity index (χ4v) is 3.50. The van der Waals surface area contributed by atoms with Crippen LogP contribution in [0.3, 0.4) is 0 Å². The van der Waals surface area contributed by atoms with Gasteiger partial charge >= 0.3 is 12.0 Å². The smallest absolute Gasteiger partial charge is 0.344 e. The number of carbonyl (C=O) groups excluding carboxylic acids is 4. The van der Waals surface area contributed by atoms with Crippen molar-refractivity contribution in [2.75, 3.05) is 0 Å². The summed E-state index contributed by atoms with van der Waals surface area (Å²) in [6, 6.07) is 16.8. The minimum Gasteiger partial charge on any atom is -0.422 e. The van der Waals surface area contributed by atoms with Crippen LogP contribution in [0.15, 0.2) is 70.7 Å². The number of barbiturate groups is 1. The van der Waals surface area contributed by atoms with Gasteiger partial charge in [-0.25, -0.2) is 9.59 Å². The number of imide groups is 2. The Morgan fingerprint density at radius 3 is 2.33 bits per heavy atom. The van der Waals surface area contributed by atoms with Crippen molar-refractivity contribution < 1.29 is 23.9 Å². The number of benzene rings is 3. The summed E-state index contributed by atoms with van der Waals surface area (Å²) in [4.78, 5) is 47.5. The lowest BCUT2D eigenvalue weighted by molar-refractivity contribution is -0.123. The number of carbonyl (C=O) groups is 4. The number of esters is 1. The minimum absolute atomic E-state index is 0.206. The predicted molar refractivity (Wildman–Crippen MR) is 113 cm³/mol. The molecule has 0 radical (unpaired) electrons. The summed E-state index contributed by atoms with van der Waals surface area (Å²) in [6.45, 7) is 0. The number of rotatable bonds is 3. The van der Waals surface area contributed by atoms with Gasteiger partial charge in [0, 0.05) is 0 Å². The lowest BCUT2D eigenvalue weighted by Crippen LogP contribution is -2.51. The third kappa shape index (κ3) is 3.85. The van der Waals surface area contributed by atoms with Crippen LogP contribution in [0.4, 0.5) is 4.79 Å². The van der Waals surface area contributed by atoms with Gasteiger partial charge in [-0.3, -0.25) is 20.2 Å². The van der Waals surface area contributed by atoms with Crippen molar-refractivity contribution in [2.24, 2.45) is 0 Å². The van der Waals surface area contributed by atoms with Gasteiger partial charge in [0.25, 0.3) is 11.8 Å². The van der Waals surface area contributed by atoms with Gasteiger partial charge in [0.15, 0.2) is 0 Å². The fourth-order valence-electron chi connectivity index (χ4n) is 3.02. The molecule has 0 unspecified atom stereocenters. The monoisotopic (exact) mass is 464 g/mol. The second-order valence-electron chi connectivity index (χ2n) is 6.40. The molecule has 8 heteroatoms. The first-order valence-electron chi connectivity index (χ1n) is 8.80. The highest BCUT2D eigenvalue weighted by molar-refractivity contribution is 9.10. The molecule has 4 amide bonds. The van der Waals surface area contributed by atoms with E-state index in [0.717, 1.165) is 10.8 Å². The molecule has 3 aromatic rings. The van der Waals surface area contributed by atoms with E-state index in [-0.39, 0.29) is 11.3 Å². The molecule has 1 aliphatic heterocycles. The van der Waals surface area contributed by atoms with Crippen LogP contribution in [0, 0.1) is 0 Å². The molecule has 7 nitrogen and oxygen atoms in total. The van der Waals surface area contributed by atoms with E-state index >= 15 is 0 Å². The van der Waals surface area contributed by atoms with E-state index in [0.29, 0.717) is 15.6 Å². The molecular formula is C22H13BrN2O5. The largest absolute Gasteiger partial charge is 0.422 e. The topological polar surface area (TPSA) is 102 Å². The van der Waals surface area contributed by atoms with E-state index in [2.05, 4.69) is 15.9 Å². The second-order valence-corrected chi connectivity index (χ2v) is 7.26. The number of fused-ring (bicyclic) bond motifs is 1. The van der Waals surface area contributed by atoms with Gasteiger partial charge in [-0.15, -0.1) is 0 Å². The lowest BCUT2D eigenvalue weighted by atomic mass is 10.0. The van der Waals surface area contributed by atoms with Crippen molar-refractivity contribution in [3.63, 3.8) is 0 Å². The van der Waals surface area contributed by atoms with Crippen LogP contribution in [0.2, 0.25) is 0 Å². The van der Waals surface area contributed by atoms with E-state index in [1.807, 2.05) is 41.0 Å². The van der Waals surface area contributed by atoms with Crippen molar-refractivity contribution in [2.45, 2.75) is 0 Å². The van der Waals surface area contributed by atoms with Crippen LogP contribution < -0.4 is 15.4 Å². The van der Waals surface area contributed by atoms with Crippen LogP contribution in [0.1, 0.15) is 15.9 Å². The van der Waals surface area contributed by atoms with Gasteiger partial charge in [-0.05, 0) is 56.5 Å². The Hall–Kier alpha value is -3.78. The molecule has 1 fully saturated rings. The molecule has 0 spiro atoms. The first kappa shape index (κ1) is 19.5. The summed E-state index contributed by atoms with van der Waals surface area (Å²) in [5.74, 6) is -1.80. The highest BCUT2D eigenvalue weighted by Gasteiger charge is 2.27. The Balaban J connectivity index is 1.59. The van der Waals surface area contributed by atoms with Gasteiger partial charge in [0.05, 0.1) is 10.0 Å². The highest BCUT2D eigenvalue weighted by atomic mass is 79.9. The zero-order valence-corrected chi connectivity index (χ0v) is 16.9. The summed E-state index contributed by atoms with van der Waals surface area (Å²) in [5, 5.41) is 5.72. The maximum atomic E-state index is 12.7. The number of urea groups is 1. The van der Waals surface area contributed by atoms with Crippen molar-refractivity contribution >= 4 is 56.6 Å². The third-order valence-corrected chi connectivity index (χ3v) is 5.04. The summed E-state index contributed by atoms with van der Waals surface area (Å²) in [5.41, 5.74) is 0.731. The first-order valence-corrected chi connectivity index (χ1v) is 9.59. The average molecular weight is 465 g/mol. The van der Waals surface area contributed by atoms with Gasteiger partial charge in [0.1, 0.15) is 11.3 Å². The molecule has 3 aromatic carbocycles. The van der Waals surface area contributed by atoms with E-state index in [1.165, 1.54) is 6.08 Å². The Bertz CT molecular complexity index is 1240. The zero-order valence-electron chi connectivity index (χ0n) is 15.3. The van der Waals surface area contributed by atoms with E-state index < -0.39 is 23.8 Å². The molecule has 1 heterocycles. The highest BCUT2D eigenvalue weighted by Crippen LogP contribution is 2.29. The quantitative estimate of drug-likeness (QED) is 0.267. The molecule has 0 aliphatic carbocycles. The van der Waals surface area contributed by atoms with E-state index in [9.17, 15) is 19.2 Å². The summed E-state index contributed by atoms with van der Waals surface area (Å²) in [6.07, 6.45) is 1.33. The fraction of sp³-hybridized carbons (Fsp3) is 0. The average Bonchev–Trinajstić information content (AvgIpc) is 2.72. The molecule has 0 aromatic heterocycles. The predicted octanol–water partition coefficient (Wildman–Crippen LogP) is 3.57. The number of hydrogen-bond donors (Lipinski definition) is 2. The summed E-state index contributed by atoms with van der Waals surface area (Å²) >= 11 is 3.34. The number of ether oxygens (including phenoxy) is 1. The van der Waals surface area contributed by atoms with Crippen molar-refractivity contribution in [3.8, 4) is 5.75 Å². The molecular weight excluding hydrogens is 452 g/mol. The Morgan fingerprint density at radius 2 is 1.60 bits per heavy atom. The molecule has 2 N–H and O–H groups in total. The molecule has 30 heavy (non-hydrogen) atoms. The van der Waals surface area contributed by atoms with Crippen LogP contribution in [0.5, 0.6) is 5.75 Å². The van der Waals surface area contributed by atoms with Gasteiger partial charge < -0.3 is 4.74 Å². The third-order valence-electron chi connectivity index (χ3n) is 4.42. The van der Waals surface area contributed by atoms with Gasteiger partial charge in [-0.2, -0.15) is 0 Å². The molecule has 0 bridgehead atoms. The normalized spacial score (nSPS) is 13.6. The van der Waals surface area contributed by atoms with E-state index in [1.54, 1.807) is 30.3 Å². The first-order chi connectivity index (χ1) is 14.4. The Labute approximate surface area is 178 Å². The van der Waals surface area contributed by atoms with Gasteiger partial charge in [0.2, 0.25) is 0 Å². The van der Waals surface area contributed by atoms with Crippen LogP contribution in [-0.4, -0.2) is 23.8 Å². The lowest BCUT2D eigenvalue weighted by Gasteiger charge is -2.14. The molecule has 148 valence electrons. The van der Waals surface area contributed by atoms with Crippen LogP contribution >= 0.6 is 15.9 Å². The van der Waals surface area contributed by atoms with E-state index in [4.69, 9.17) is 4.74 Å². The van der Waals surface area contributed by atoms with Gasteiger partial charge in [-0.1, -0.05) is 42.5 Å². The number of halogens is 1. The van der Waals surface area contributed by atoms with Crippen molar-refractivity contribution in [3.05, 3.63) is 81.8 Å². The number of nitrogens with one attached hydrogen (secondary N) is 2. The number of hydrogen-bond acceptors (Lipinski definition) is 5. The van der Waals surface area contributed by atoms with Crippen LogP contribution in [-0.2, 0) is 9.59 Å². The molecule has 1 aliphatic rings. The second kappa shape index (κ2) is 7.92. The maximum absolute atomic E-state index is 12.7. The minimum atomic E-state index is -0.862. The van der Waals surface area contributed by atoms with Crippen molar-refractivity contribution in [1.82, 2.24) is 10.6 Å². The molecule has 0 saturated carbocycles. The Morgan fingerprint density at radius 1 is 0.900 bits per heavy atom. The maximum Gasteiger partial charge on any atom is 0.344 e. The number of amides is 4. The zero-order chi connectivity index (χ0) is 21.3. The molecule has 4 rings (SSSR count).